The Morgan fingerprint density at radius 2 is 2.13 bits per heavy atom. The first-order valence-corrected chi connectivity index (χ1v) is 10.0. The summed E-state index contributed by atoms with van der Waals surface area (Å²) in [5, 5.41) is 9.18. The second kappa shape index (κ2) is 7.26. The van der Waals surface area contributed by atoms with Gasteiger partial charge in [0.05, 0.1) is 41.7 Å². The minimum absolute atomic E-state index is 0.189. The van der Waals surface area contributed by atoms with Gasteiger partial charge in [-0.05, 0) is 30.2 Å². The second-order valence-electron chi connectivity index (χ2n) is 7.39. The molecular weight excluding hydrogens is 392 g/mol. The number of hydrogen-bond acceptors (Lipinski definition) is 5. The molecule has 2 heterocycles. The van der Waals surface area contributed by atoms with E-state index in [4.69, 9.17) is 4.74 Å². The van der Waals surface area contributed by atoms with Crippen molar-refractivity contribution in [2.24, 2.45) is 0 Å². The van der Waals surface area contributed by atoms with Crippen LogP contribution in [0.5, 0.6) is 0 Å². The van der Waals surface area contributed by atoms with Gasteiger partial charge >= 0.3 is 5.97 Å². The fourth-order valence-electron chi connectivity index (χ4n) is 4.17. The molecule has 0 saturated heterocycles. The van der Waals surface area contributed by atoms with E-state index in [0.29, 0.717) is 29.9 Å². The Bertz CT molecular complexity index is 1460. The summed E-state index contributed by atoms with van der Waals surface area (Å²) in [5.41, 5.74) is 6.42. The molecule has 31 heavy (non-hydrogen) atoms. The number of ether oxygens (including phenoxy) is 1. The van der Waals surface area contributed by atoms with E-state index in [-0.39, 0.29) is 17.9 Å². The maximum Gasteiger partial charge on any atom is 0.310 e. The molecule has 0 radical (unpaired) electrons. The Labute approximate surface area is 177 Å². The predicted octanol–water partition coefficient (Wildman–Crippen LogP) is 3.24. The third kappa shape index (κ3) is 3.09. The van der Waals surface area contributed by atoms with Crippen molar-refractivity contribution in [1.29, 1.82) is 5.26 Å². The molecule has 0 spiro atoms. The van der Waals surface area contributed by atoms with Gasteiger partial charge in [-0.3, -0.25) is 14.0 Å². The van der Waals surface area contributed by atoms with Crippen LogP contribution >= 0.6 is 0 Å². The van der Waals surface area contributed by atoms with Gasteiger partial charge in [-0.2, -0.15) is 5.26 Å². The molecule has 0 amide bonds. The maximum absolute atomic E-state index is 12.8. The molecule has 4 aromatic rings. The molecule has 5 rings (SSSR count). The number of aromatic amines is 1. The summed E-state index contributed by atoms with van der Waals surface area (Å²) in [6.07, 6.45) is 2.59. The van der Waals surface area contributed by atoms with Gasteiger partial charge in [-0.15, -0.1) is 0 Å². The first kappa shape index (κ1) is 18.8. The maximum atomic E-state index is 12.8. The number of aromatic nitrogens is 3. The number of nitrogens with one attached hydrogen (secondary N) is 1. The Balaban J connectivity index is 1.63. The first-order chi connectivity index (χ1) is 15.1. The van der Waals surface area contributed by atoms with Gasteiger partial charge in [-0.1, -0.05) is 30.3 Å². The van der Waals surface area contributed by atoms with E-state index in [1.165, 1.54) is 0 Å². The molecule has 0 atom stereocenters. The summed E-state index contributed by atoms with van der Waals surface area (Å²) in [6.45, 7) is 2.13. The number of nitriles is 1. The largest absolute Gasteiger partial charge is 0.466 e. The topological polar surface area (TPSA) is 100 Å². The van der Waals surface area contributed by atoms with Gasteiger partial charge in [-0.25, -0.2) is 4.98 Å². The molecule has 152 valence electrons. The predicted molar refractivity (Wildman–Crippen MR) is 115 cm³/mol. The number of esters is 1. The molecule has 2 aromatic heterocycles. The molecule has 1 N–H and O–H groups in total. The second-order valence-corrected chi connectivity index (χ2v) is 7.39. The van der Waals surface area contributed by atoms with Crippen LogP contribution in [0.3, 0.4) is 0 Å². The normalized spacial score (nSPS) is 11.7. The highest BCUT2D eigenvalue weighted by Crippen LogP contribution is 2.37. The van der Waals surface area contributed by atoms with E-state index in [0.717, 1.165) is 33.6 Å². The van der Waals surface area contributed by atoms with E-state index in [1.54, 1.807) is 25.1 Å². The molecule has 0 aliphatic heterocycles. The Kier molecular flexibility index (Phi) is 4.41. The van der Waals surface area contributed by atoms with E-state index in [9.17, 15) is 14.9 Å². The smallest absolute Gasteiger partial charge is 0.310 e. The highest BCUT2D eigenvalue weighted by Gasteiger charge is 2.26. The number of hydrogen-bond donors (Lipinski definition) is 1. The fourth-order valence-corrected chi connectivity index (χ4v) is 4.17. The lowest BCUT2D eigenvalue weighted by molar-refractivity contribution is -0.142. The number of fused-ring (bicyclic) bond motifs is 5. The Morgan fingerprint density at radius 3 is 2.94 bits per heavy atom. The molecule has 2 aromatic carbocycles. The molecule has 7 heteroatoms. The van der Waals surface area contributed by atoms with Crippen molar-refractivity contribution >= 4 is 11.6 Å². The van der Waals surface area contributed by atoms with Crippen LogP contribution in [0.2, 0.25) is 0 Å². The number of rotatable bonds is 4. The lowest BCUT2D eigenvalue weighted by atomic mass is 10.0. The molecule has 0 saturated carbocycles. The lowest BCUT2D eigenvalue weighted by Gasteiger charge is -2.07. The van der Waals surface area contributed by atoms with Gasteiger partial charge in [0.15, 0.2) is 0 Å². The van der Waals surface area contributed by atoms with Crippen LogP contribution in [-0.2, 0) is 22.4 Å². The van der Waals surface area contributed by atoms with Crippen LogP contribution in [0, 0.1) is 11.3 Å². The van der Waals surface area contributed by atoms with Gasteiger partial charge in [0.1, 0.15) is 0 Å². The third-order valence-corrected chi connectivity index (χ3v) is 5.54. The summed E-state index contributed by atoms with van der Waals surface area (Å²) in [4.78, 5) is 32.3. The van der Waals surface area contributed by atoms with Crippen molar-refractivity contribution < 1.29 is 9.53 Å². The fraction of sp³-hybridized carbons (Fsp3) is 0.167. The van der Waals surface area contributed by atoms with Gasteiger partial charge in [0.2, 0.25) is 5.65 Å². The lowest BCUT2D eigenvalue weighted by Crippen LogP contribution is -2.13. The summed E-state index contributed by atoms with van der Waals surface area (Å²) in [5.74, 6) is -0.271. The minimum Gasteiger partial charge on any atom is -0.466 e. The van der Waals surface area contributed by atoms with Crippen LogP contribution in [0.1, 0.15) is 29.3 Å². The standard InChI is InChI=1S/C24H18N4O3/c1-2-31-21(29)10-15-6-4-8-17-18(15)11-20-22(17)27-24(30)23-26-19(13-28(20)23)16-7-3-5-14(9-16)12-25/h3-9,13H,2,10-11H2,1H3,(H,27,30). The van der Waals surface area contributed by atoms with Crippen LogP contribution in [0.4, 0.5) is 0 Å². The van der Waals surface area contributed by atoms with Gasteiger partial charge in [0, 0.05) is 23.7 Å². The number of imidazole rings is 1. The molecule has 0 fully saturated rings. The van der Waals surface area contributed by atoms with Gasteiger partial charge < -0.3 is 9.72 Å². The highest BCUT2D eigenvalue weighted by atomic mass is 16.5. The molecule has 1 aliphatic carbocycles. The zero-order valence-corrected chi connectivity index (χ0v) is 16.8. The number of H-pyrrole nitrogens is 1. The minimum atomic E-state index is -0.287. The SMILES string of the molecule is CCOC(=O)Cc1cccc2c1Cc1c-2[nH]c(=O)c2nc(-c3cccc(C#N)c3)cn12. The molecule has 7 nitrogen and oxygen atoms in total. The van der Waals surface area contributed by atoms with E-state index in [1.807, 2.05) is 34.9 Å². The van der Waals surface area contributed by atoms with Crippen molar-refractivity contribution in [1.82, 2.24) is 14.4 Å². The van der Waals surface area contributed by atoms with Gasteiger partial charge in [0.25, 0.3) is 5.56 Å². The Morgan fingerprint density at radius 1 is 1.29 bits per heavy atom. The molecular formula is C24H18N4O3. The first-order valence-electron chi connectivity index (χ1n) is 10.0. The zero-order chi connectivity index (χ0) is 21.5. The summed E-state index contributed by atoms with van der Waals surface area (Å²) in [7, 11) is 0. The van der Waals surface area contributed by atoms with Crippen LogP contribution in [0.15, 0.2) is 53.5 Å². The van der Waals surface area contributed by atoms with Crippen LogP contribution < -0.4 is 5.56 Å². The Hall–Kier alpha value is -4.18. The summed E-state index contributed by atoms with van der Waals surface area (Å²) < 4.78 is 6.92. The highest BCUT2D eigenvalue weighted by molar-refractivity contribution is 5.79. The molecule has 1 aliphatic rings. The summed E-state index contributed by atoms with van der Waals surface area (Å²) in [6, 6.07) is 15.0. The average molecular weight is 410 g/mol. The van der Waals surface area contributed by atoms with E-state index >= 15 is 0 Å². The quantitative estimate of drug-likeness (QED) is 0.459. The zero-order valence-electron chi connectivity index (χ0n) is 16.8. The third-order valence-electron chi connectivity index (χ3n) is 5.54. The number of benzene rings is 2. The van der Waals surface area contributed by atoms with Crippen molar-refractivity contribution in [2.75, 3.05) is 6.61 Å². The molecule has 0 unspecified atom stereocenters. The van der Waals surface area contributed by atoms with Crippen molar-refractivity contribution in [3.63, 3.8) is 0 Å². The van der Waals surface area contributed by atoms with Crippen LogP contribution in [0.25, 0.3) is 28.2 Å². The van der Waals surface area contributed by atoms with Crippen molar-refractivity contribution in [3.8, 4) is 28.6 Å². The van der Waals surface area contributed by atoms with Crippen molar-refractivity contribution in [3.05, 3.63) is 81.4 Å². The summed E-state index contributed by atoms with van der Waals surface area (Å²) >= 11 is 0. The van der Waals surface area contributed by atoms with E-state index < -0.39 is 0 Å². The molecule has 0 bridgehead atoms. The average Bonchev–Trinajstić information content (AvgIpc) is 3.37. The monoisotopic (exact) mass is 410 g/mol. The number of carbonyl (C=O) groups excluding carboxylic acids is 1. The van der Waals surface area contributed by atoms with Crippen molar-refractivity contribution in [2.45, 2.75) is 19.8 Å². The number of carbonyl (C=O) groups is 1. The van der Waals surface area contributed by atoms with Crippen LogP contribution in [-0.4, -0.2) is 26.9 Å². The number of nitrogens with zero attached hydrogens (tertiary/aromatic N) is 3. The van der Waals surface area contributed by atoms with E-state index in [2.05, 4.69) is 16.0 Å².